The van der Waals surface area contributed by atoms with Crippen LogP contribution >= 0.6 is 0 Å². The van der Waals surface area contributed by atoms with Crippen LogP contribution in [0.15, 0.2) is 36.9 Å². The molecule has 0 aliphatic rings. The molecule has 0 saturated heterocycles. The third-order valence-corrected chi connectivity index (χ3v) is 1.84. The zero-order valence-electron chi connectivity index (χ0n) is 8.77. The van der Waals surface area contributed by atoms with Crippen LogP contribution < -0.4 is 0 Å². The number of hydrogen-bond acceptors (Lipinski definition) is 2. The lowest BCUT2D eigenvalue weighted by atomic mass is 10.1. The molecule has 15 heavy (non-hydrogen) atoms. The summed E-state index contributed by atoms with van der Waals surface area (Å²) in [4.78, 5) is 11.0. The molecular weight excluding hydrogens is 188 g/mol. The molecule has 0 radical (unpaired) electrons. The fourth-order valence-corrected chi connectivity index (χ4v) is 1.14. The Morgan fingerprint density at radius 2 is 2.20 bits per heavy atom. The van der Waals surface area contributed by atoms with Gasteiger partial charge >= 0.3 is 5.97 Å². The molecule has 0 unspecified atom stereocenters. The summed E-state index contributed by atoms with van der Waals surface area (Å²) in [5.74, 6) is -0.318. The molecule has 0 amide bonds. The second kappa shape index (κ2) is 5.81. The topological polar surface area (TPSA) is 26.3 Å². The van der Waals surface area contributed by atoms with Crippen molar-refractivity contribution in [3.05, 3.63) is 48.0 Å². The molecule has 2 heteroatoms. The zero-order chi connectivity index (χ0) is 11.1. The first-order chi connectivity index (χ1) is 7.26. The van der Waals surface area contributed by atoms with Crippen LogP contribution in [0.4, 0.5) is 0 Å². The monoisotopic (exact) mass is 202 g/mol. The molecule has 0 spiro atoms. The van der Waals surface area contributed by atoms with Crippen molar-refractivity contribution in [2.24, 2.45) is 0 Å². The average molecular weight is 202 g/mol. The van der Waals surface area contributed by atoms with Crippen molar-refractivity contribution < 1.29 is 9.53 Å². The summed E-state index contributed by atoms with van der Waals surface area (Å²) in [5, 5.41) is 0. The Hall–Kier alpha value is -1.83. The molecule has 0 heterocycles. The lowest BCUT2D eigenvalue weighted by Gasteiger charge is -1.97. The van der Waals surface area contributed by atoms with Crippen LogP contribution in [-0.2, 0) is 9.53 Å². The van der Waals surface area contributed by atoms with Crippen molar-refractivity contribution in [3.8, 4) is 0 Å². The van der Waals surface area contributed by atoms with Crippen molar-refractivity contribution in [1.29, 1.82) is 0 Å². The van der Waals surface area contributed by atoms with Crippen molar-refractivity contribution in [3.63, 3.8) is 0 Å². The standard InChI is InChI=1S/C13H14O2/c1-3-11-6-5-7-12(10-11)8-9-13(14)15-4-2/h3,5-10H,1,4H2,2H3. The highest BCUT2D eigenvalue weighted by molar-refractivity contribution is 5.87. The maximum Gasteiger partial charge on any atom is 0.330 e. The summed E-state index contributed by atoms with van der Waals surface area (Å²) in [7, 11) is 0. The maximum absolute atomic E-state index is 11.0. The minimum Gasteiger partial charge on any atom is -0.463 e. The van der Waals surface area contributed by atoms with E-state index < -0.39 is 0 Å². The molecular formula is C13H14O2. The largest absolute Gasteiger partial charge is 0.463 e. The van der Waals surface area contributed by atoms with Gasteiger partial charge in [0, 0.05) is 6.08 Å². The Morgan fingerprint density at radius 1 is 1.47 bits per heavy atom. The zero-order valence-corrected chi connectivity index (χ0v) is 8.77. The van der Waals surface area contributed by atoms with Gasteiger partial charge in [-0.1, -0.05) is 30.9 Å². The van der Waals surface area contributed by atoms with Crippen LogP contribution in [0, 0.1) is 0 Å². The van der Waals surface area contributed by atoms with Gasteiger partial charge in [0.2, 0.25) is 0 Å². The maximum atomic E-state index is 11.0. The Bertz CT molecular complexity index is 378. The molecule has 0 saturated carbocycles. The Kier molecular flexibility index (Phi) is 4.35. The van der Waals surface area contributed by atoms with Gasteiger partial charge in [-0.2, -0.15) is 0 Å². The van der Waals surface area contributed by atoms with Gasteiger partial charge in [-0.05, 0) is 30.2 Å². The molecule has 78 valence electrons. The molecule has 0 N–H and O–H groups in total. The van der Waals surface area contributed by atoms with E-state index in [1.165, 1.54) is 6.08 Å². The highest BCUT2D eigenvalue weighted by Crippen LogP contribution is 2.08. The van der Waals surface area contributed by atoms with Crippen LogP contribution in [0.3, 0.4) is 0 Å². The molecule has 0 aromatic heterocycles. The minimum atomic E-state index is -0.318. The van der Waals surface area contributed by atoms with E-state index in [0.717, 1.165) is 11.1 Å². The third-order valence-electron chi connectivity index (χ3n) is 1.84. The summed E-state index contributed by atoms with van der Waals surface area (Å²) in [6.07, 6.45) is 4.92. The first kappa shape index (κ1) is 11.2. The number of benzene rings is 1. The van der Waals surface area contributed by atoms with Crippen LogP contribution in [-0.4, -0.2) is 12.6 Å². The molecule has 0 bridgehead atoms. The predicted molar refractivity (Wildman–Crippen MR) is 62.2 cm³/mol. The van der Waals surface area contributed by atoms with Gasteiger partial charge in [0.05, 0.1) is 6.61 Å². The van der Waals surface area contributed by atoms with Gasteiger partial charge in [0.15, 0.2) is 0 Å². The number of hydrogen-bond donors (Lipinski definition) is 0. The van der Waals surface area contributed by atoms with Crippen LogP contribution in [0.5, 0.6) is 0 Å². The molecule has 0 atom stereocenters. The number of esters is 1. The summed E-state index contributed by atoms with van der Waals surface area (Å²) >= 11 is 0. The highest BCUT2D eigenvalue weighted by Gasteiger charge is 1.94. The normalized spacial score (nSPS) is 10.2. The lowest BCUT2D eigenvalue weighted by molar-refractivity contribution is -0.137. The van der Waals surface area contributed by atoms with E-state index in [1.807, 2.05) is 24.3 Å². The summed E-state index contributed by atoms with van der Waals surface area (Å²) < 4.78 is 4.77. The number of carbonyl (C=O) groups excluding carboxylic acids is 1. The number of ether oxygens (including phenoxy) is 1. The van der Waals surface area contributed by atoms with E-state index in [-0.39, 0.29) is 5.97 Å². The molecule has 1 rings (SSSR count). The van der Waals surface area contributed by atoms with E-state index in [0.29, 0.717) is 6.61 Å². The Labute approximate surface area is 89.9 Å². The van der Waals surface area contributed by atoms with Gasteiger partial charge in [0.1, 0.15) is 0 Å². The van der Waals surface area contributed by atoms with Crippen molar-refractivity contribution >= 4 is 18.1 Å². The second-order valence-electron chi connectivity index (χ2n) is 2.96. The van der Waals surface area contributed by atoms with Crippen molar-refractivity contribution in [1.82, 2.24) is 0 Å². The Balaban J connectivity index is 2.71. The molecule has 0 aliphatic carbocycles. The van der Waals surface area contributed by atoms with Crippen LogP contribution in [0.2, 0.25) is 0 Å². The number of rotatable bonds is 4. The van der Waals surface area contributed by atoms with Gasteiger partial charge in [-0.15, -0.1) is 0 Å². The molecule has 0 fully saturated rings. The predicted octanol–water partition coefficient (Wildman–Crippen LogP) is 2.91. The molecule has 2 nitrogen and oxygen atoms in total. The van der Waals surface area contributed by atoms with Gasteiger partial charge in [0.25, 0.3) is 0 Å². The van der Waals surface area contributed by atoms with Crippen molar-refractivity contribution in [2.45, 2.75) is 6.92 Å². The SMILES string of the molecule is C=Cc1cccc(C=CC(=O)OCC)c1. The average Bonchev–Trinajstić information content (AvgIpc) is 2.27. The van der Waals surface area contributed by atoms with Crippen LogP contribution in [0.1, 0.15) is 18.1 Å². The summed E-state index contributed by atoms with van der Waals surface area (Å²) in [5.41, 5.74) is 1.99. The van der Waals surface area contributed by atoms with Gasteiger partial charge < -0.3 is 4.74 Å². The van der Waals surface area contributed by atoms with E-state index in [1.54, 1.807) is 19.1 Å². The van der Waals surface area contributed by atoms with Gasteiger partial charge in [-0.25, -0.2) is 4.79 Å². The fourth-order valence-electron chi connectivity index (χ4n) is 1.14. The Morgan fingerprint density at radius 3 is 2.87 bits per heavy atom. The number of carbonyl (C=O) groups is 1. The molecule has 1 aromatic rings. The van der Waals surface area contributed by atoms with E-state index in [4.69, 9.17) is 4.74 Å². The van der Waals surface area contributed by atoms with E-state index in [9.17, 15) is 4.79 Å². The fraction of sp³-hybridized carbons (Fsp3) is 0.154. The first-order valence-electron chi connectivity index (χ1n) is 4.83. The highest BCUT2D eigenvalue weighted by atomic mass is 16.5. The lowest BCUT2D eigenvalue weighted by Crippen LogP contribution is -1.98. The minimum absolute atomic E-state index is 0.318. The second-order valence-corrected chi connectivity index (χ2v) is 2.96. The quantitative estimate of drug-likeness (QED) is 0.554. The van der Waals surface area contributed by atoms with Crippen LogP contribution in [0.25, 0.3) is 12.2 Å². The molecule has 1 aromatic carbocycles. The summed E-state index contributed by atoms with van der Waals surface area (Å²) in [6, 6.07) is 7.74. The van der Waals surface area contributed by atoms with Crippen molar-refractivity contribution in [2.75, 3.05) is 6.61 Å². The smallest absolute Gasteiger partial charge is 0.330 e. The van der Waals surface area contributed by atoms with Gasteiger partial charge in [-0.3, -0.25) is 0 Å². The first-order valence-corrected chi connectivity index (χ1v) is 4.83. The van der Waals surface area contributed by atoms with E-state index in [2.05, 4.69) is 6.58 Å². The van der Waals surface area contributed by atoms with E-state index >= 15 is 0 Å². The summed E-state index contributed by atoms with van der Waals surface area (Å²) in [6.45, 7) is 5.86. The molecule has 0 aliphatic heterocycles. The third kappa shape index (κ3) is 3.81.